The monoisotopic (exact) mass is 407 g/mol. The summed E-state index contributed by atoms with van der Waals surface area (Å²) < 4.78 is 101. The topological polar surface area (TPSA) is 22.1 Å². The lowest BCUT2D eigenvalue weighted by Crippen LogP contribution is -2.23. The third-order valence-corrected chi connectivity index (χ3v) is 2.54. The summed E-state index contributed by atoms with van der Waals surface area (Å²) in [4.78, 5) is 2.85. The van der Waals surface area contributed by atoms with Crippen LogP contribution in [0.4, 0.5) is 35.1 Å². The second kappa shape index (κ2) is 5.25. The van der Waals surface area contributed by atoms with Gasteiger partial charge in [-0.3, -0.25) is 4.98 Å². The molecule has 0 aliphatic heterocycles. The summed E-state index contributed by atoms with van der Waals surface area (Å²) in [5, 5.41) is 0. The van der Waals surface area contributed by atoms with E-state index in [0.29, 0.717) is 6.20 Å². The van der Waals surface area contributed by atoms with Gasteiger partial charge in [0.25, 0.3) is 6.43 Å². The van der Waals surface area contributed by atoms with E-state index in [-0.39, 0.29) is 0 Å². The maximum Gasteiger partial charge on any atom is 0.573 e. The Balaban J connectivity index is 3.55. The number of ether oxygens (including phenoxy) is 1. The summed E-state index contributed by atoms with van der Waals surface area (Å²) in [5.74, 6) is -2.03. The van der Waals surface area contributed by atoms with E-state index in [9.17, 15) is 35.1 Å². The van der Waals surface area contributed by atoms with Crippen LogP contribution in [0.3, 0.4) is 0 Å². The van der Waals surface area contributed by atoms with Crippen LogP contribution in [0, 0.1) is 3.57 Å². The fourth-order valence-electron chi connectivity index (χ4n) is 1.12. The molecular formula is C8H2F8INO. The Kier molecular flexibility index (Phi) is 4.47. The van der Waals surface area contributed by atoms with Gasteiger partial charge in [0.2, 0.25) is 0 Å². The first-order valence-electron chi connectivity index (χ1n) is 4.23. The van der Waals surface area contributed by atoms with Gasteiger partial charge < -0.3 is 4.74 Å². The summed E-state index contributed by atoms with van der Waals surface area (Å²) in [6.07, 6.45) is -14.1. The van der Waals surface area contributed by atoms with Crippen molar-refractivity contribution in [1.82, 2.24) is 4.98 Å². The third kappa shape index (κ3) is 4.04. The largest absolute Gasteiger partial charge is 0.573 e. The van der Waals surface area contributed by atoms with Crippen LogP contribution in [0.2, 0.25) is 0 Å². The summed E-state index contributed by atoms with van der Waals surface area (Å²) in [6, 6.07) is 0. The molecule has 1 aromatic heterocycles. The van der Waals surface area contributed by atoms with Gasteiger partial charge in [-0.15, -0.1) is 13.2 Å². The summed E-state index contributed by atoms with van der Waals surface area (Å²) >= 11 is 1.03. The van der Waals surface area contributed by atoms with Crippen LogP contribution in [-0.4, -0.2) is 11.3 Å². The average Bonchev–Trinajstić information content (AvgIpc) is 2.11. The highest BCUT2D eigenvalue weighted by atomic mass is 127. The number of halogens is 9. The minimum atomic E-state index is -5.55. The molecule has 0 atom stereocenters. The molecule has 0 fully saturated rings. The van der Waals surface area contributed by atoms with E-state index in [1.54, 1.807) is 0 Å². The van der Waals surface area contributed by atoms with E-state index < -0.39 is 39.5 Å². The van der Waals surface area contributed by atoms with Crippen molar-refractivity contribution in [3.8, 4) is 5.75 Å². The van der Waals surface area contributed by atoms with Crippen molar-refractivity contribution < 1.29 is 39.9 Å². The lowest BCUT2D eigenvalue weighted by molar-refractivity contribution is -0.277. The molecule has 1 rings (SSSR count). The van der Waals surface area contributed by atoms with Gasteiger partial charge in [-0.2, -0.15) is 13.2 Å². The molecule has 108 valence electrons. The summed E-state index contributed by atoms with van der Waals surface area (Å²) in [6.45, 7) is 0. The Morgan fingerprint density at radius 3 is 2.00 bits per heavy atom. The molecule has 19 heavy (non-hydrogen) atoms. The number of nitrogens with zero attached hydrogens (tertiary/aromatic N) is 1. The zero-order chi connectivity index (χ0) is 15.0. The van der Waals surface area contributed by atoms with Crippen LogP contribution in [0.15, 0.2) is 6.20 Å². The van der Waals surface area contributed by atoms with E-state index in [1.807, 2.05) is 0 Å². The lowest BCUT2D eigenvalue weighted by atomic mass is 10.2. The first-order valence-corrected chi connectivity index (χ1v) is 5.31. The normalized spacial score (nSPS) is 12.9. The molecule has 0 bridgehead atoms. The van der Waals surface area contributed by atoms with Gasteiger partial charge in [-0.1, -0.05) is 0 Å². The Bertz CT molecular complexity index is 469. The third-order valence-electron chi connectivity index (χ3n) is 1.72. The molecule has 0 saturated carbocycles. The number of pyridine rings is 1. The molecule has 1 heterocycles. The van der Waals surface area contributed by atoms with E-state index in [0.717, 1.165) is 22.6 Å². The van der Waals surface area contributed by atoms with Crippen LogP contribution >= 0.6 is 22.6 Å². The van der Waals surface area contributed by atoms with Crippen molar-refractivity contribution >= 4 is 22.6 Å². The van der Waals surface area contributed by atoms with E-state index >= 15 is 0 Å². The van der Waals surface area contributed by atoms with Crippen molar-refractivity contribution in [2.45, 2.75) is 19.0 Å². The predicted octanol–water partition coefficient (Wildman–Crippen LogP) is 4.54. The smallest absolute Gasteiger partial charge is 0.403 e. The van der Waals surface area contributed by atoms with Crippen molar-refractivity contribution in [3.05, 3.63) is 21.0 Å². The second-order valence-electron chi connectivity index (χ2n) is 3.04. The number of aromatic nitrogens is 1. The van der Waals surface area contributed by atoms with Crippen LogP contribution in [0.25, 0.3) is 0 Å². The maximum atomic E-state index is 12.6. The highest BCUT2D eigenvalue weighted by Crippen LogP contribution is 2.44. The van der Waals surface area contributed by atoms with Crippen molar-refractivity contribution in [2.24, 2.45) is 0 Å². The van der Waals surface area contributed by atoms with Gasteiger partial charge in [-0.25, -0.2) is 8.78 Å². The first-order chi connectivity index (χ1) is 8.43. The van der Waals surface area contributed by atoms with Crippen LogP contribution in [-0.2, 0) is 6.18 Å². The van der Waals surface area contributed by atoms with Crippen LogP contribution < -0.4 is 4.74 Å². The molecule has 0 saturated heterocycles. The predicted molar refractivity (Wildman–Crippen MR) is 53.6 cm³/mol. The molecule has 0 aliphatic rings. The molecule has 0 radical (unpaired) electrons. The molecule has 0 spiro atoms. The number of hydrogen-bond donors (Lipinski definition) is 0. The van der Waals surface area contributed by atoms with E-state index in [2.05, 4.69) is 9.72 Å². The minimum absolute atomic E-state index is 0.397. The Morgan fingerprint density at radius 1 is 1.11 bits per heavy atom. The molecule has 0 amide bonds. The second-order valence-corrected chi connectivity index (χ2v) is 4.20. The first kappa shape index (κ1) is 16.2. The molecule has 0 N–H and O–H groups in total. The Hall–Kier alpha value is -0.880. The van der Waals surface area contributed by atoms with Gasteiger partial charge in [0, 0.05) is 9.77 Å². The Morgan fingerprint density at radius 2 is 1.63 bits per heavy atom. The van der Waals surface area contributed by atoms with Gasteiger partial charge >= 0.3 is 12.5 Å². The highest BCUT2D eigenvalue weighted by Gasteiger charge is 2.44. The SMILES string of the molecule is FC(F)c1ncc(I)c(C(F)(F)F)c1OC(F)(F)F. The van der Waals surface area contributed by atoms with Gasteiger partial charge in [0.05, 0.1) is 0 Å². The molecule has 2 nitrogen and oxygen atoms in total. The van der Waals surface area contributed by atoms with Crippen molar-refractivity contribution in [1.29, 1.82) is 0 Å². The van der Waals surface area contributed by atoms with Gasteiger partial charge in [0.15, 0.2) is 5.75 Å². The lowest BCUT2D eigenvalue weighted by Gasteiger charge is -2.18. The molecule has 11 heteroatoms. The summed E-state index contributed by atoms with van der Waals surface area (Å²) in [7, 11) is 0. The van der Waals surface area contributed by atoms with Crippen molar-refractivity contribution in [3.63, 3.8) is 0 Å². The zero-order valence-electron chi connectivity index (χ0n) is 8.41. The van der Waals surface area contributed by atoms with Crippen LogP contribution in [0.1, 0.15) is 17.7 Å². The number of rotatable bonds is 2. The number of hydrogen-bond acceptors (Lipinski definition) is 2. The molecule has 1 aromatic rings. The zero-order valence-corrected chi connectivity index (χ0v) is 10.6. The summed E-state index contributed by atoms with van der Waals surface area (Å²) in [5.41, 5.74) is -3.65. The van der Waals surface area contributed by atoms with Gasteiger partial charge in [-0.05, 0) is 22.6 Å². The fraction of sp³-hybridized carbons (Fsp3) is 0.375. The molecule has 0 aliphatic carbocycles. The van der Waals surface area contributed by atoms with Crippen molar-refractivity contribution in [2.75, 3.05) is 0 Å². The molecule has 0 unspecified atom stereocenters. The van der Waals surface area contributed by atoms with Gasteiger partial charge in [0.1, 0.15) is 11.3 Å². The average molecular weight is 407 g/mol. The highest BCUT2D eigenvalue weighted by molar-refractivity contribution is 14.1. The molecule has 0 aromatic carbocycles. The standard InChI is InChI=1S/C8H2F8INO/c9-6(10)4-5(19-8(14,15)16)3(7(11,12)13)2(17)1-18-4/h1,6H. The minimum Gasteiger partial charge on any atom is -0.403 e. The quantitative estimate of drug-likeness (QED) is 0.531. The van der Waals surface area contributed by atoms with E-state index in [1.165, 1.54) is 0 Å². The molecular weight excluding hydrogens is 405 g/mol. The maximum absolute atomic E-state index is 12.6. The van der Waals surface area contributed by atoms with Crippen LogP contribution in [0.5, 0.6) is 5.75 Å². The van der Waals surface area contributed by atoms with E-state index in [4.69, 9.17) is 0 Å². The fourth-order valence-corrected chi connectivity index (χ4v) is 1.81. The Labute approximate surface area is 113 Å². The number of alkyl halides is 8.